The minimum atomic E-state index is -0.426. The number of aryl methyl sites for hydroxylation is 2. The molecule has 0 atom stereocenters. The Morgan fingerprint density at radius 3 is 1.40 bits per heavy atom. The maximum Gasteiger partial charge on any atom is 0.159 e. The number of furan rings is 2. The van der Waals surface area contributed by atoms with Gasteiger partial charge in [0.05, 0.1) is 11.4 Å². The zero-order valence-corrected chi connectivity index (χ0v) is 43.8. The first kappa shape index (κ1) is 45.0. The van der Waals surface area contributed by atoms with E-state index in [4.69, 9.17) is 8.83 Å². The lowest BCUT2D eigenvalue weighted by Gasteiger charge is -2.53. The van der Waals surface area contributed by atoms with Crippen LogP contribution in [0.25, 0.3) is 87.3 Å². The number of anilines is 6. The summed E-state index contributed by atoms with van der Waals surface area (Å²) < 4.78 is 13.5. The summed E-state index contributed by atoms with van der Waals surface area (Å²) >= 11 is 0. The van der Waals surface area contributed by atoms with E-state index in [1.165, 1.54) is 65.7 Å². The monoisotopic (exact) mass is 970 g/mol. The second kappa shape index (κ2) is 16.2. The summed E-state index contributed by atoms with van der Waals surface area (Å²) in [5.74, 6) is 0. The third kappa shape index (κ3) is 6.55. The number of rotatable bonds is 6. The summed E-state index contributed by atoms with van der Waals surface area (Å²) in [6.07, 6.45) is 0. The van der Waals surface area contributed by atoms with Crippen LogP contribution in [0.4, 0.5) is 34.1 Å². The van der Waals surface area contributed by atoms with Gasteiger partial charge in [-0.1, -0.05) is 163 Å². The van der Waals surface area contributed by atoms with Crippen molar-refractivity contribution in [1.29, 1.82) is 0 Å². The Balaban J connectivity index is 1.02. The summed E-state index contributed by atoms with van der Waals surface area (Å²) in [5, 5.41) is 11.9. The molecule has 1 aliphatic carbocycles. The number of nitrogens with zero attached hydrogens (tertiary/aromatic N) is 2. The van der Waals surface area contributed by atoms with Crippen molar-refractivity contribution >= 4 is 110 Å². The van der Waals surface area contributed by atoms with Crippen molar-refractivity contribution < 1.29 is 8.83 Å². The van der Waals surface area contributed by atoms with Crippen molar-refractivity contribution in [2.45, 2.75) is 60.8 Å². The van der Waals surface area contributed by atoms with Crippen LogP contribution in [0.3, 0.4) is 0 Å². The number of fused-ring (bicyclic) bond motifs is 15. The molecule has 364 valence electrons. The first-order valence-electron chi connectivity index (χ1n) is 26.4. The van der Waals surface area contributed by atoms with Crippen LogP contribution in [0.5, 0.6) is 0 Å². The lowest BCUT2D eigenvalue weighted by atomic mass is 9.49. The zero-order valence-electron chi connectivity index (χ0n) is 43.8. The van der Waals surface area contributed by atoms with E-state index in [-0.39, 0.29) is 10.8 Å². The van der Waals surface area contributed by atoms with Crippen molar-refractivity contribution in [2.75, 3.05) is 9.80 Å². The van der Waals surface area contributed by atoms with Crippen LogP contribution in [0, 0.1) is 24.7 Å². The fourth-order valence-electron chi connectivity index (χ4n) is 14.0. The predicted molar refractivity (Wildman–Crippen MR) is 317 cm³/mol. The third-order valence-electron chi connectivity index (χ3n) is 16.6. The minimum Gasteiger partial charge on any atom is -0.454 e. The second-order valence-electron chi connectivity index (χ2n) is 23.1. The Morgan fingerprint density at radius 1 is 0.360 bits per heavy atom. The normalized spacial score (nSPS) is 13.4. The van der Waals surface area contributed by atoms with E-state index in [1.54, 1.807) is 0 Å². The predicted octanol–water partition coefficient (Wildman–Crippen LogP) is 20.9. The highest BCUT2D eigenvalue weighted by Crippen LogP contribution is 2.68. The van der Waals surface area contributed by atoms with Gasteiger partial charge in [0.25, 0.3) is 0 Å². The van der Waals surface area contributed by atoms with Gasteiger partial charge in [-0.3, -0.25) is 0 Å². The van der Waals surface area contributed by atoms with Gasteiger partial charge in [0, 0.05) is 49.7 Å². The maximum absolute atomic E-state index is 6.78. The highest BCUT2D eigenvalue weighted by atomic mass is 16.3. The zero-order chi connectivity index (χ0) is 51.1. The topological polar surface area (TPSA) is 32.8 Å². The molecule has 0 saturated heterocycles. The third-order valence-corrected chi connectivity index (χ3v) is 16.6. The van der Waals surface area contributed by atoms with Gasteiger partial charge >= 0.3 is 0 Å². The van der Waals surface area contributed by atoms with Gasteiger partial charge in [-0.2, -0.15) is 0 Å². The van der Waals surface area contributed by atoms with E-state index in [9.17, 15) is 0 Å². The van der Waals surface area contributed by atoms with Crippen LogP contribution in [0.2, 0.25) is 0 Å². The average molecular weight is 971 g/mol. The Kier molecular flexibility index (Phi) is 9.73. The summed E-state index contributed by atoms with van der Waals surface area (Å²) in [4.78, 5) is 4.78. The number of benzene rings is 11. The van der Waals surface area contributed by atoms with Gasteiger partial charge in [-0.05, 0) is 175 Å². The van der Waals surface area contributed by atoms with E-state index in [0.29, 0.717) is 0 Å². The van der Waals surface area contributed by atoms with Gasteiger partial charge in [-0.15, -0.1) is 0 Å². The Morgan fingerprint density at radius 2 is 0.840 bits per heavy atom. The molecule has 4 nitrogen and oxygen atoms in total. The Labute approximate surface area is 438 Å². The Hall–Kier alpha value is -8.60. The molecule has 0 aliphatic heterocycles. The lowest BCUT2D eigenvalue weighted by molar-refractivity contribution is 0.0965. The minimum absolute atomic E-state index is 0.223. The van der Waals surface area contributed by atoms with Gasteiger partial charge in [-0.25, -0.2) is 0 Å². The molecular formula is C71H58N2O2. The highest BCUT2D eigenvalue weighted by Gasteiger charge is 2.59. The summed E-state index contributed by atoms with van der Waals surface area (Å²) in [6.45, 7) is 19.1. The molecule has 0 N–H and O–H groups in total. The van der Waals surface area contributed by atoms with Crippen LogP contribution in [0.1, 0.15) is 63.8 Å². The molecule has 0 radical (unpaired) electrons. The number of hydrogen-bond donors (Lipinski definition) is 0. The summed E-state index contributed by atoms with van der Waals surface area (Å²) in [6, 6.07) is 75.9. The second-order valence-corrected chi connectivity index (χ2v) is 23.1. The van der Waals surface area contributed by atoms with Gasteiger partial charge in [0.1, 0.15) is 11.2 Å². The van der Waals surface area contributed by atoms with Gasteiger partial charge in [0.2, 0.25) is 0 Å². The Bertz CT molecular complexity index is 4480. The molecule has 0 fully saturated rings. The molecule has 4 heteroatoms. The molecule has 0 amide bonds. The van der Waals surface area contributed by atoms with Crippen molar-refractivity contribution in [1.82, 2.24) is 0 Å². The number of hydrogen-bond acceptors (Lipinski definition) is 4. The molecule has 75 heavy (non-hydrogen) atoms. The van der Waals surface area contributed by atoms with E-state index >= 15 is 0 Å². The lowest BCUT2D eigenvalue weighted by Crippen LogP contribution is -2.50. The van der Waals surface area contributed by atoms with E-state index in [2.05, 4.69) is 265 Å². The van der Waals surface area contributed by atoms with E-state index in [0.717, 1.165) is 78.0 Å². The molecule has 2 heterocycles. The first-order chi connectivity index (χ1) is 36.3. The fourth-order valence-corrected chi connectivity index (χ4v) is 14.0. The standard InChI is InChI=1S/C71H58N2O2/c1-43-19-15-21-47(37-43)72(61-29-17-27-56-52-24-11-13-31-63(52)74-67(56)61)49-34-33-45-40-59-60(41-46(45)39-49)71(69(3,4)5,70(6,7)8)66-55-36-35-50(42-58(55)51-23-9-10-26-54(51)65(59)66)73(48-22-16-20-44(2)38-48)62-30-18-28-57-53-25-12-14-32-64(53)75-68(57)62/h9-42H,1-8H3. The number of para-hydroxylation sites is 4. The largest absolute Gasteiger partial charge is 0.454 e. The molecule has 0 unspecified atom stereocenters. The van der Waals surface area contributed by atoms with E-state index in [1.807, 2.05) is 6.07 Å². The van der Waals surface area contributed by atoms with Crippen molar-refractivity contribution in [3.8, 4) is 11.1 Å². The first-order valence-corrected chi connectivity index (χ1v) is 26.4. The molecule has 14 rings (SSSR count). The van der Waals surface area contributed by atoms with Crippen LogP contribution in [0.15, 0.2) is 215 Å². The van der Waals surface area contributed by atoms with Crippen molar-refractivity contribution in [3.05, 3.63) is 229 Å². The molecule has 0 spiro atoms. The average Bonchev–Trinajstić information content (AvgIpc) is 4.08. The van der Waals surface area contributed by atoms with Crippen molar-refractivity contribution in [3.63, 3.8) is 0 Å². The smallest absolute Gasteiger partial charge is 0.159 e. The van der Waals surface area contributed by atoms with Gasteiger partial charge < -0.3 is 18.6 Å². The summed E-state index contributed by atoms with van der Waals surface area (Å²) in [7, 11) is 0. The van der Waals surface area contributed by atoms with Crippen LogP contribution in [-0.2, 0) is 5.41 Å². The fraction of sp³-hybridized carbons (Fsp3) is 0.155. The van der Waals surface area contributed by atoms with Gasteiger partial charge in [0.15, 0.2) is 11.2 Å². The maximum atomic E-state index is 6.78. The molecule has 11 aromatic carbocycles. The van der Waals surface area contributed by atoms with Crippen LogP contribution >= 0.6 is 0 Å². The molecule has 0 saturated carbocycles. The van der Waals surface area contributed by atoms with Crippen molar-refractivity contribution in [2.24, 2.45) is 10.8 Å². The molecular weight excluding hydrogens is 913 g/mol. The summed E-state index contributed by atoms with van der Waals surface area (Å²) in [5.41, 5.74) is 16.8. The van der Waals surface area contributed by atoms with E-state index < -0.39 is 5.41 Å². The molecule has 0 bridgehead atoms. The highest BCUT2D eigenvalue weighted by molar-refractivity contribution is 6.20. The van der Waals surface area contributed by atoms with Crippen LogP contribution < -0.4 is 9.80 Å². The molecule has 13 aromatic rings. The molecule has 2 aromatic heterocycles. The van der Waals surface area contributed by atoms with Crippen LogP contribution in [-0.4, -0.2) is 0 Å². The molecule has 1 aliphatic rings. The quantitative estimate of drug-likeness (QED) is 0.155. The SMILES string of the molecule is Cc1cccc(N(c2ccc3cc4c(cc3c2)C(C(C)(C)C)(C(C)(C)C)c2c-4c3ccccc3c3cc(N(c4cccc(C)c4)c4cccc5c4oc4ccccc45)ccc23)c2cccc3c2oc2ccccc23)c1.